The van der Waals surface area contributed by atoms with Crippen molar-refractivity contribution in [2.45, 2.75) is 40.2 Å². The standard InChI is InChI=1S/C22H26ClNO3/c1-13(2)12-26-18-9-15(8-17(23)10-18)14-5-6-19-16(7-14)11-22(3,4)20(19)27-21(24)25/h5-10,13,20H,11-12H2,1-4H3,(H2,24,25)/t20-/m0/s1. The van der Waals surface area contributed by atoms with Crippen LogP contribution in [0.4, 0.5) is 4.79 Å². The maximum absolute atomic E-state index is 11.3. The molecule has 1 amide bonds. The molecule has 0 aromatic heterocycles. The van der Waals surface area contributed by atoms with E-state index in [0.717, 1.165) is 34.4 Å². The van der Waals surface area contributed by atoms with Crippen LogP contribution in [0.25, 0.3) is 11.1 Å². The summed E-state index contributed by atoms with van der Waals surface area (Å²) in [6, 6.07) is 12.0. The Hall–Kier alpha value is -2.20. The van der Waals surface area contributed by atoms with Gasteiger partial charge in [0.2, 0.25) is 0 Å². The summed E-state index contributed by atoms with van der Waals surface area (Å²) < 4.78 is 11.2. The first kappa shape index (κ1) is 19.6. The Balaban J connectivity index is 1.93. The van der Waals surface area contributed by atoms with Crippen molar-refractivity contribution >= 4 is 17.7 Å². The smallest absolute Gasteiger partial charge is 0.405 e. The second-order valence-corrected chi connectivity index (χ2v) is 8.71. The molecular formula is C22H26ClNO3. The highest BCUT2D eigenvalue weighted by atomic mass is 35.5. The van der Waals surface area contributed by atoms with Crippen molar-refractivity contribution in [1.82, 2.24) is 0 Å². The van der Waals surface area contributed by atoms with E-state index < -0.39 is 6.09 Å². The third-order valence-electron chi connectivity index (χ3n) is 4.80. The first-order valence-corrected chi connectivity index (χ1v) is 9.56. The van der Waals surface area contributed by atoms with Crippen LogP contribution < -0.4 is 10.5 Å². The minimum atomic E-state index is -0.744. The number of primary amides is 1. The Morgan fingerprint density at radius 3 is 2.63 bits per heavy atom. The molecule has 0 spiro atoms. The van der Waals surface area contributed by atoms with Crippen LogP contribution in [0.1, 0.15) is 44.9 Å². The van der Waals surface area contributed by atoms with Crippen molar-refractivity contribution in [3.63, 3.8) is 0 Å². The molecule has 27 heavy (non-hydrogen) atoms. The number of fused-ring (bicyclic) bond motifs is 1. The molecule has 0 unspecified atom stereocenters. The van der Waals surface area contributed by atoms with Gasteiger partial charge in [0, 0.05) is 10.4 Å². The molecule has 2 N–H and O–H groups in total. The van der Waals surface area contributed by atoms with Crippen molar-refractivity contribution < 1.29 is 14.3 Å². The number of carbonyl (C=O) groups is 1. The number of nitrogens with two attached hydrogens (primary N) is 1. The third-order valence-corrected chi connectivity index (χ3v) is 5.02. The van der Waals surface area contributed by atoms with E-state index in [2.05, 4.69) is 33.8 Å². The van der Waals surface area contributed by atoms with E-state index in [-0.39, 0.29) is 11.5 Å². The molecule has 3 rings (SSSR count). The molecule has 5 heteroatoms. The first-order valence-electron chi connectivity index (χ1n) is 9.18. The SMILES string of the molecule is CC(C)COc1cc(Cl)cc(-c2ccc3c(c2)CC(C)(C)[C@H]3OC(N)=O)c1. The van der Waals surface area contributed by atoms with Crippen molar-refractivity contribution in [2.24, 2.45) is 17.1 Å². The molecule has 0 saturated carbocycles. The topological polar surface area (TPSA) is 61.6 Å². The van der Waals surface area contributed by atoms with Gasteiger partial charge >= 0.3 is 6.09 Å². The highest BCUT2D eigenvalue weighted by Crippen LogP contribution is 2.48. The summed E-state index contributed by atoms with van der Waals surface area (Å²) in [6.45, 7) is 9.02. The molecule has 1 atom stereocenters. The van der Waals surface area contributed by atoms with Gasteiger partial charge in [-0.1, -0.05) is 57.5 Å². The van der Waals surface area contributed by atoms with Gasteiger partial charge in [0.05, 0.1) is 6.61 Å². The summed E-state index contributed by atoms with van der Waals surface area (Å²) in [5.74, 6) is 1.21. The Morgan fingerprint density at radius 2 is 1.96 bits per heavy atom. The molecule has 1 aliphatic carbocycles. The van der Waals surface area contributed by atoms with Crippen LogP contribution >= 0.6 is 11.6 Å². The Kier molecular flexibility index (Phi) is 5.38. The monoisotopic (exact) mass is 387 g/mol. The van der Waals surface area contributed by atoms with Crippen LogP contribution in [0, 0.1) is 11.3 Å². The normalized spacial score (nSPS) is 17.6. The van der Waals surface area contributed by atoms with E-state index in [1.165, 1.54) is 0 Å². The minimum absolute atomic E-state index is 0.199. The number of halogens is 1. The van der Waals surface area contributed by atoms with Gasteiger partial charge in [-0.2, -0.15) is 0 Å². The number of ether oxygens (including phenoxy) is 2. The summed E-state index contributed by atoms with van der Waals surface area (Å²) in [5, 5.41) is 0.641. The molecule has 0 fully saturated rings. The van der Waals surface area contributed by atoms with Gasteiger partial charge in [0.25, 0.3) is 0 Å². The van der Waals surface area contributed by atoms with Gasteiger partial charge in [-0.05, 0) is 52.8 Å². The van der Waals surface area contributed by atoms with Gasteiger partial charge in [0.15, 0.2) is 0 Å². The molecule has 4 nitrogen and oxygen atoms in total. The number of benzene rings is 2. The summed E-state index contributed by atoms with van der Waals surface area (Å²) in [5.41, 5.74) is 9.30. The fraction of sp³-hybridized carbons (Fsp3) is 0.409. The summed E-state index contributed by atoms with van der Waals surface area (Å²) in [7, 11) is 0. The van der Waals surface area contributed by atoms with E-state index in [1.807, 2.05) is 30.3 Å². The Morgan fingerprint density at radius 1 is 1.22 bits per heavy atom. The number of amides is 1. The van der Waals surface area contributed by atoms with Crippen molar-refractivity contribution in [3.8, 4) is 16.9 Å². The fourth-order valence-corrected chi connectivity index (χ4v) is 3.84. The van der Waals surface area contributed by atoms with Gasteiger partial charge in [-0.25, -0.2) is 4.79 Å². The number of hydrogen-bond acceptors (Lipinski definition) is 3. The molecular weight excluding hydrogens is 362 g/mol. The van der Waals surface area contributed by atoms with Gasteiger partial charge in [0.1, 0.15) is 11.9 Å². The van der Waals surface area contributed by atoms with Crippen molar-refractivity contribution in [1.29, 1.82) is 0 Å². The van der Waals surface area contributed by atoms with Crippen LogP contribution in [0.15, 0.2) is 36.4 Å². The molecule has 2 aromatic carbocycles. The second kappa shape index (κ2) is 7.43. The molecule has 144 valence electrons. The van der Waals surface area contributed by atoms with E-state index in [9.17, 15) is 4.79 Å². The number of carbonyl (C=O) groups excluding carboxylic acids is 1. The van der Waals surface area contributed by atoms with Gasteiger partial charge in [-0.15, -0.1) is 0 Å². The molecule has 0 saturated heterocycles. The zero-order chi connectivity index (χ0) is 19.8. The van der Waals surface area contributed by atoms with Crippen LogP contribution in [0.3, 0.4) is 0 Å². The lowest BCUT2D eigenvalue weighted by Crippen LogP contribution is -2.25. The summed E-state index contributed by atoms with van der Waals surface area (Å²) >= 11 is 6.31. The lowest BCUT2D eigenvalue weighted by molar-refractivity contribution is 0.0392. The highest BCUT2D eigenvalue weighted by molar-refractivity contribution is 6.31. The fourth-order valence-electron chi connectivity index (χ4n) is 3.61. The lowest BCUT2D eigenvalue weighted by atomic mass is 9.87. The van der Waals surface area contributed by atoms with E-state index in [1.54, 1.807) is 0 Å². The quantitative estimate of drug-likeness (QED) is 0.709. The lowest BCUT2D eigenvalue weighted by Gasteiger charge is -2.26. The van der Waals surface area contributed by atoms with Crippen LogP contribution in [0.2, 0.25) is 5.02 Å². The van der Waals surface area contributed by atoms with Crippen molar-refractivity contribution in [3.05, 3.63) is 52.5 Å². The predicted octanol–water partition coefficient (Wildman–Crippen LogP) is 5.76. The van der Waals surface area contributed by atoms with Crippen LogP contribution in [-0.4, -0.2) is 12.7 Å². The zero-order valence-electron chi connectivity index (χ0n) is 16.2. The molecule has 0 radical (unpaired) electrons. The Labute approximate surface area is 165 Å². The number of rotatable bonds is 5. The summed E-state index contributed by atoms with van der Waals surface area (Å²) in [4.78, 5) is 11.3. The third kappa shape index (κ3) is 4.38. The average molecular weight is 388 g/mol. The van der Waals surface area contributed by atoms with E-state index in [0.29, 0.717) is 17.5 Å². The van der Waals surface area contributed by atoms with Gasteiger partial charge in [-0.3, -0.25) is 0 Å². The van der Waals surface area contributed by atoms with Gasteiger partial charge < -0.3 is 15.2 Å². The summed E-state index contributed by atoms with van der Waals surface area (Å²) in [6.07, 6.45) is -0.263. The van der Waals surface area contributed by atoms with E-state index in [4.69, 9.17) is 26.8 Å². The molecule has 2 aromatic rings. The maximum atomic E-state index is 11.3. The number of hydrogen-bond donors (Lipinski definition) is 1. The largest absolute Gasteiger partial charge is 0.493 e. The molecule has 0 aliphatic heterocycles. The predicted molar refractivity (Wildman–Crippen MR) is 108 cm³/mol. The maximum Gasteiger partial charge on any atom is 0.405 e. The molecule has 1 aliphatic rings. The first-order chi connectivity index (χ1) is 12.7. The molecule has 0 bridgehead atoms. The van der Waals surface area contributed by atoms with Crippen LogP contribution in [-0.2, 0) is 11.2 Å². The van der Waals surface area contributed by atoms with E-state index >= 15 is 0 Å². The second-order valence-electron chi connectivity index (χ2n) is 8.28. The van der Waals surface area contributed by atoms with Crippen LogP contribution in [0.5, 0.6) is 5.75 Å². The minimum Gasteiger partial charge on any atom is -0.493 e. The van der Waals surface area contributed by atoms with Crippen molar-refractivity contribution in [2.75, 3.05) is 6.61 Å². The average Bonchev–Trinajstić information content (AvgIpc) is 2.81. The zero-order valence-corrected chi connectivity index (χ0v) is 17.0. The highest BCUT2D eigenvalue weighted by Gasteiger charge is 2.41. The molecule has 0 heterocycles. The Bertz CT molecular complexity index is 861.